The molecule has 1 N–H and O–H groups in total. The summed E-state index contributed by atoms with van der Waals surface area (Å²) in [6.45, 7) is 1.68. The monoisotopic (exact) mass is 520 g/mol. The van der Waals surface area contributed by atoms with Crippen molar-refractivity contribution in [2.24, 2.45) is 0 Å². The van der Waals surface area contributed by atoms with Gasteiger partial charge in [0.1, 0.15) is 5.69 Å². The molecule has 2 aromatic carbocycles. The van der Waals surface area contributed by atoms with Gasteiger partial charge in [-0.05, 0) is 61.4 Å². The molecule has 0 atom stereocenters. The van der Waals surface area contributed by atoms with Gasteiger partial charge in [-0.25, -0.2) is 14.5 Å². The van der Waals surface area contributed by atoms with Crippen molar-refractivity contribution in [1.82, 2.24) is 24.1 Å². The molecule has 0 radical (unpaired) electrons. The van der Waals surface area contributed by atoms with Gasteiger partial charge in [0.15, 0.2) is 5.65 Å². The fraction of sp³-hybridized carbons (Fsp3) is 0.0769. The lowest BCUT2D eigenvalue weighted by molar-refractivity contribution is -0.137. The number of benzene rings is 2. The van der Waals surface area contributed by atoms with Gasteiger partial charge >= 0.3 is 6.18 Å². The molecule has 0 aliphatic heterocycles. The van der Waals surface area contributed by atoms with Gasteiger partial charge in [-0.15, -0.1) is 0 Å². The highest BCUT2D eigenvalue weighted by molar-refractivity contribution is 6.32. The molecule has 184 valence electrons. The summed E-state index contributed by atoms with van der Waals surface area (Å²) in [5.74, 6) is 5.22. The van der Waals surface area contributed by atoms with Gasteiger partial charge in [0.05, 0.1) is 34.5 Å². The van der Waals surface area contributed by atoms with Gasteiger partial charge in [0, 0.05) is 29.2 Å². The number of hydrogen-bond donors (Lipinski definition) is 1. The van der Waals surface area contributed by atoms with Gasteiger partial charge in [0.2, 0.25) is 0 Å². The average molecular weight is 521 g/mol. The largest absolute Gasteiger partial charge is 0.418 e. The molecule has 0 aliphatic rings. The first-order chi connectivity index (χ1) is 17.7. The molecule has 5 rings (SSSR count). The lowest BCUT2D eigenvalue weighted by Crippen LogP contribution is -2.15. The number of carbonyl (C=O) groups excluding carboxylic acids is 1. The van der Waals surface area contributed by atoms with Crippen LogP contribution in [0.15, 0.2) is 73.4 Å². The minimum Gasteiger partial charge on any atom is -0.322 e. The van der Waals surface area contributed by atoms with Crippen molar-refractivity contribution < 1.29 is 18.0 Å². The molecular weight excluding hydrogens is 505 g/mol. The Kier molecular flexibility index (Phi) is 6.15. The van der Waals surface area contributed by atoms with Crippen LogP contribution in [0.5, 0.6) is 0 Å². The number of nitrogens with one attached hydrogen (secondary N) is 1. The summed E-state index contributed by atoms with van der Waals surface area (Å²) >= 11 is 6.26. The van der Waals surface area contributed by atoms with E-state index in [1.165, 1.54) is 47.4 Å². The van der Waals surface area contributed by atoms with Crippen molar-refractivity contribution >= 4 is 28.8 Å². The summed E-state index contributed by atoms with van der Waals surface area (Å²) < 4.78 is 44.2. The van der Waals surface area contributed by atoms with Crippen LogP contribution in [-0.2, 0) is 6.18 Å². The fourth-order valence-corrected chi connectivity index (χ4v) is 3.80. The van der Waals surface area contributed by atoms with E-state index >= 15 is 0 Å². The highest BCUT2D eigenvalue weighted by Crippen LogP contribution is 2.36. The summed E-state index contributed by atoms with van der Waals surface area (Å²) in [5, 5.41) is 7.02. The van der Waals surface area contributed by atoms with Gasteiger partial charge < -0.3 is 9.88 Å². The standard InChI is InChI=1S/C26H16ClF3N6O/c1-16-14-35(15-32-16)23-9-6-19(12-21(23)26(28,29)30)34-25(37)18-5-8-22(27)17(11-18)4-7-20-13-31-24-3-2-10-33-36(20)24/h2-3,5-6,8-15H,1H3,(H,34,37). The Bertz CT molecular complexity index is 1710. The molecule has 7 nitrogen and oxygen atoms in total. The first kappa shape index (κ1) is 24.1. The number of carbonyl (C=O) groups is 1. The molecule has 0 bridgehead atoms. The number of halogens is 4. The summed E-state index contributed by atoms with van der Waals surface area (Å²) in [4.78, 5) is 21.1. The second kappa shape index (κ2) is 9.44. The first-order valence-corrected chi connectivity index (χ1v) is 11.2. The van der Waals surface area contributed by atoms with E-state index in [-0.39, 0.29) is 16.9 Å². The van der Waals surface area contributed by atoms with Crippen LogP contribution < -0.4 is 5.32 Å². The predicted octanol–water partition coefficient (Wildman–Crippen LogP) is 5.55. The molecule has 0 fully saturated rings. The van der Waals surface area contributed by atoms with Crippen molar-refractivity contribution in [2.75, 3.05) is 5.32 Å². The van der Waals surface area contributed by atoms with Crippen LogP contribution in [-0.4, -0.2) is 30.1 Å². The maximum Gasteiger partial charge on any atom is 0.418 e. The number of nitrogens with zero attached hydrogens (tertiary/aromatic N) is 5. The maximum absolute atomic E-state index is 13.8. The molecule has 5 aromatic rings. The molecular formula is C26H16ClF3N6O. The Balaban J connectivity index is 1.42. The van der Waals surface area contributed by atoms with Crippen LogP contribution in [0.4, 0.5) is 18.9 Å². The third kappa shape index (κ3) is 5.03. The second-order valence-corrected chi connectivity index (χ2v) is 8.40. The second-order valence-electron chi connectivity index (χ2n) is 7.99. The lowest BCUT2D eigenvalue weighted by Gasteiger charge is -2.15. The van der Waals surface area contributed by atoms with Crippen LogP contribution in [0.3, 0.4) is 0 Å². The number of rotatable bonds is 3. The van der Waals surface area contributed by atoms with Crippen molar-refractivity contribution in [1.29, 1.82) is 0 Å². The van der Waals surface area contributed by atoms with Crippen LogP contribution in [0.25, 0.3) is 11.3 Å². The Morgan fingerprint density at radius 3 is 2.68 bits per heavy atom. The van der Waals surface area contributed by atoms with E-state index < -0.39 is 17.6 Å². The lowest BCUT2D eigenvalue weighted by atomic mass is 10.1. The topological polar surface area (TPSA) is 77.1 Å². The number of hydrogen-bond acceptors (Lipinski definition) is 4. The van der Waals surface area contributed by atoms with Crippen LogP contribution >= 0.6 is 11.6 Å². The normalized spacial score (nSPS) is 11.3. The summed E-state index contributed by atoms with van der Waals surface area (Å²) in [6, 6.07) is 11.5. The van der Waals surface area contributed by atoms with Crippen molar-refractivity contribution in [3.8, 4) is 17.5 Å². The summed E-state index contributed by atoms with van der Waals surface area (Å²) in [6.07, 6.45) is 1.31. The molecule has 0 saturated heterocycles. The third-order valence-electron chi connectivity index (χ3n) is 5.38. The highest BCUT2D eigenvalue weighted by Gasteiger charge is 2.34. The van der Waals surface area contributed by atoms with E-state index in [9.17, 15) is 18.0 Å². The maximum atomic E-state index is 13.8. The summed E-state index contributed by atoms with van der Waals surface area (Å²) in [7, 11) is 0. The van der Waals surface area contributed by atoms with Gasteiger partial charge in [-0.2, -0.15) is 18.3 Å². The van der Waals surface area contributed by atoms with Crippen LogP contribution in [0.2, 0.25) is 5.02 Å². The van der Waals surface area contributed by atoms with E-state index in [4.69, 9.17) is 11.6 Å². The van der Waals surface area contributed by atoms with Crippen molar-refractivity contribution in [2.45, 2.75) is 13.1 Å². The Hall–Kier alpha value is -4.62. The zero-order valence-corrected chi connectivity index (χ0v) is 19.8. The highest BCUT2D eigenvalue weighted by atomic mass is 35.5. The molecule has 0 saturated carbocycles. The number of amides is 1. The number of aryl methyl sites for hydroxylation is 1. The molecule has 3 aromatic heterocycles. The minimum atomic E-state index is -4.65. The zero-order chi connectivity index (χ0) is 26.2. The van der Waals surface area contributed by atoms with Crippen molar-refractivity contribution in [3.05, 3.63) is 107 Å². The molecule has 37 heavy (non-hydrogen) atoms. The SMILES string of the molecule is Cc1cn(-c2ccc(NC(=O)c3ccc(Cl)c(C#Cc4cnc5cccnn45)c3)cc2C(F)(F)F)cn1. The first-order valence-electron chi connectivity index (χ1n) is 10.8. The van der Waals surface area contributed by atoms with E-state index in [2.05, 4.69) is 32.2 Å². The quantitative estimate of drug-likeness (QED) is 0.317. The number of aromatic nitrogens is 5. The predicted molar refractivity (Wildman–Crippen MR) is 132 cm³/mol. The molecule has 11 heteroatoms. The number of fused-ring (bicyclic) bond motifs is 1. The fourth-order valence-electron chi connectivity index (χ4n) is 3.63. The Labute approximate surface area is 213 Å². The van der Waals surface area contributed by atoms with E-state index in [1.807, 2.05) is 0 Å². The summed E-state index contributed by atoms with van der Waals surface area (Å²) in [5.41, 5.74) is 1.23. The molecule has 3 heterocycles. The van der Waals surface area contributed by atoms with E-state index in [0.717, 1.165) is 6.07 Å². The van der Waals surface area contributed by atoms with Gasteiger partial charge in [0.25, 0.3) is 5.91 Å². The van der Waals surface area contributed by atoms with Crippen LogP contribution in [0, 0.1) is 18.8 Å². The van der Waals surface area contributed by atoms with Crippen LogP contribution in [0.1, 0.15) is 32.9 Å². The molecule has 0 unspecified atom stereocenters. The minimum absolute atomic E-state index is 0.0164. The van der Waals surface area contributed by atoms with E-state index in [1.54, 1.807) is 36.0 Å². The van der Waals surface area contributed by atoms with Gasteiger partial charge in [-0.1, -0.05) is 17.5 Å². The molecule has 1 amide bonds. The Morgan fingerprint density at radius 2 is 1.92 bits per heavy atom. The number of alkyl halides is 3. The third-order valence-corrected chi connectivity index (χ3v) is 5.71. The Morgan fingerprint density at radius 1 is 1.08 bits per heavy atom. The zero-order valence-electron chi connectivity index (χ0n) is 19.1. The van der Waals surface area contributed by atoms with E-state index in [0.29, 0.717) is 27.6 Å². The molecule has 0 spiro atoms. The smallest absolute Gasteiger partial charge is 0.322 e. The average Bonchev–Trinajstić information content (AvgIpc) is 3.49. The van der Waals surface area contributed by atoms with Gasteiger partial charge in [-0.3, -0.25) is 4.79 Å². The number of imidazole rings is 2. The number of anilines is 1. The van der Waals surface area contributed by atoms with Crippen molar-refractivity contribution in [3.63, 3.8) is 0 Å². The molecule has 0 aliphatic carbocycles.